The van der Waals surface area contributed by atoms with Crippen molar-refractivity contribution in [3.05, 3.63) is 77.5 Å². The number of piperazine rings is 1. The minimum Gasteiger partial charge on any atom is -0.364 e. The topological polar surface area (TPSA) is 43.9 Å². The minimum atomic E-state index is -0.182. The molecule has 0 radical (unpaired) electrons. The zero-order valence-corrected chi connectivity index (χ0v) is 17.0. The number of hydrogen-bond acceptors (Lipinski definition) is 4. The molecule has 0 aliphatic carbocycles. The smallest absolute Gasteiger partial charge is 0.278 e. The van der Waals surface area contributed by atoms with Gasteiger partial charge in [-0.25, -0.2) is 0 Å². The summed E-state index contributed by atoms with van der Waals surface area (Å²) in [6.07, 6.45) is 0. The molecule has 5 heteroatoms. The van der Waals surface area contributed by atoms with Gasteiger partial charge in [0, 0.05) is 38.8 Å². The van der Waals surface area contributed by atoms with Gasteiger partial charge in [-0.1, -0.05) is 60.7 Å². The number of benzene rings is 2. The maximum atomic E-state index is 13.2. The number of hydrogen-bond donors (Lipinski definition) is 0. The number of nitrogens with zero attached hydrogens (tertiary/aromatic N) is 3. The van der Waals surface area contributed by atoms with E-state index < -0.39 is 0 Å². The first-order chi connectivity index (χ1) is 14.1. The van der Waals surface area contributed by atoms with Gasteiger partial charge in [-0.3, -0.25) is 19.4 Å². The van der Waals surface area contributed by atoms with Crippen LogP contribution in [0.4, 0.5) is 0 Å². The highest BCUT2D eigenvalue weighted by molar-refractivity contribution is 6.35. The second-order valence-electron chi connectivity index (χ2n) is 7.91. The van der Waals surface area contributed by atoms with Crippen LogP contribution in [-0.4, -0.2) is 58.7 Å². The predicted octanol–water partition coefficient (Wildman–Crippen LogP) is 2.99. The first-order valence-electron chi connectivity index (χ1n) is 10.2. The van der Waals surface area contributed by atoms with E-state index in [1.54, 1.807) is 0 Å². The summed E-state index contributed by atoms with van der Waals surface area (Å²) in [5, 5.41) is 0. The van der Waals surface area contributed by atoms with Crippen LogP contribution in [0.2, 0.25) is 0 Å². The molecule has 2 aromatic carbocycles. The molecule has 0 N–H and O–H groups in total. The lowest BCUT2D eigenvalue weighted by Gasteiger charge is -2.36. The van der Waals surface area contributed by atoms with Crippen LogP contribution in [0.3, 0.4) is 0 Å². The van der Waals surface area contributed by atoms with E-state index in [-0.39, 0.29) is 17.9 Å². The van der Waals surface area contributed by atoms with Gasteiger partial charge in [0.2, 0.25) is 0 Å². The highest BCUT2D eigenvalue weighted by atomic mass is 16.2. The maximum absolute atomic E-state index is 13.2. The molecule has 0 spiro atoms. The number of imide groups is 1. The maximum Gasteiger partial charge on any atom is 0.278 e. The molecule has 5 nitrogen and oxygen atoms in total. The van der Waals surface area contributed by atoms with E-state index in [0.29, 0.717) is 11.3 Å². The highest BCUT2D eigenvalue weighted by Crippen LogP contribution is 2.33. The standard InChI is InChI=1S/C24H27N3O2/c1-18(2)27-23(28)21(20-11-7-4-8-12-20)22(24(27)29)26-15-13-25(14-16-26)17-19-9-5-3-6-10-19/h3-12,18H,13-17H2,1-2H3. The van der Waals surface area contributed by atoms with Crippen molar-refractivity contribution in [3.8, 4) is 0 Å². The number of rotatable bonds is 5. The van der Waals surface area contributed by atoms with Crippen LogP contribution in [0.25, 0.3) is 5.57 Å². The normalized spacial score (nSPS) is 18.3. The Hall–Kier alpha value is -2.92. The van der Waals surface area contributed by atoms with Crippen LogP contribution in [0.15, 0.2) is 66.4 Å². The Morgan fingerprint density at radius 1 is 0.793 bits per heavy atom. The fourth-order valence-corrected chi connectivity index (χ4v) is 4.13. The Bertz CT molecular complexity index is 914. The van der Waals surface area contributed by atoms with Crippen molar-refractivity contribution in [1.29, 1.82) is 0 Å². The van der Waals surface area contributed by atoms with Crippen LogP contribution in [0.5, 0.6) is 0 Å². The van der Waals surface area contributed by atoms with Gasteiger partial charge in [-0.15, -0.1) is 0 Å². The monoisotopic (exact) mass is 389 g/mol. The quantitative estimate of drug-likeness (QED) is 0.738. The molecule has 1 fully saturated rings. The summed E-state index contributed by atoms with van der Waals surface area (Å²) < 4.78 is 0. The fourth-order valence-electron chi connectivity index (χ4n) is 4.13. The molecule has 29 heavy (non-hydrogen) atoms. The molecule has 0 unspecified atom stereocenters. The van der Waals surface area contributed by atoms with Gasteiger partial charge in [0.1, 0.15) is 5.70 Å². The summed E-state index contributed by atoms with van der Waals surface area (Å²) >= 11 is 0. The molecular formula is C24H27N3O2. The average molecular weight is 389 g/mol. The van der Waals surface area contributed by atoms with Crippen LogP contribution in [0.1, 0.15) is 25.0 Å². The Balaban J connectivity index is 1.57. The van der Waals surface area contributed by atoms with E-state index >= 15 is 0 Å². The molecule has 2 aliphatic heterocycles. The molecule has 0 aromatic heterocycles. The molecule has 0 bridgehead atoms. The summed E-state index contributed by atoms with van der Waals surface area (Å²) in [5.41, 5.74) is 3.22. The minimum absolute atomic E-state index is 0.161. The van der Waals surface area contributed by atoms with E-state index in [4.69, 9.17) is 0 Å². The molecule has 0 atom stereocenters. The Kier molecular flexibility index (Phi) is 5.49. The molecule has 4 rings (SSSR count). The first-order valence-corrected chi connectivity index (χ1v) is 10.2. The summed E-state index contributed by atoms with van der Waals surface area (Å²) in [4.78, 5) is 32.2. The Morgan fingerprint density at radius 2 is 1.38 bits per heavy atom. The molecular weight excluding hydrogens is 362 g/mol. The van der Waals surface area contributed by atoms with Crippen LogP contribution in [-0.2, 0) is 16.1 Å². The van der Waals surface area contributed by atoms with Gasteiger partial charge in [0.05, 0.1) is 5.57 Å². The van der Waals surface area contributed by atoms with Crippen LogP contribution in [0, 0.1) is 0 Å². The van der Waals surface area contributed by atoms with E-state index in [0.717, 1.165) is 38.3 Å². The SMILES string of the molecule is CC(C)N1C(=O)C(c2ccccc2)=C(N2CCN(Cc3ccccc3)CC2)C1=O. The van der Waals surface area contributed by atoms with Gasteiger partial charge in [-0.05, 0) is 25.0 Å². The third kappa shape index (κ3) is 3.83. The number of carbonyl (C=O) groups is 2. The lowest BCUT2D eigenvalue weighted by Crippen LogP contribution is -2.47. The van der Waals surface area contributed by atoms with Crippen molar-refractivity contribution >= 4 is 17.4 Å². The van der Waals surface area contributed by atoms with Gasteiger partial charge < -0.3 is 4.90 Å². The van der Waals surface area contributed by atoms with E-state index in [9.17, 15) is 9.59 Å². The molecule has 0 saturated carbocycles. The van der Waals surface area contributed by atoms with Crippen molar-refractivity contribution in [2.75, 3.05) is 26.2 Å². The molecule has 2 heterocycles. The molecule has 2 amide bonds. The number of amides is 2. The van der Waals surface area contributed by atoms with Gasteiger partial charge in [-0.2, -0.15) is 0 Å². The number of carbonyl (C=O) groups excluding carboxylic acids is 2. The molecule has 2 aliphatic rings. The van der Waals surface area contributed by atoms with Crippen LogP contribution >= 0.6 is 0 Å². The van der Waals surface area contributed by atoms with E-state index in [1.807, 2.05) is 50.2 Å². The van der Waals surface area contributed by atoms with E-state index in [2.05, 4.69) is 34.1 Å². The summed E-state index contributed by atoms with van der Waals surface area (Å²) in [6.45, 7) is 7.89. The zero-order valence-electron chi connectivity index (χ0n) is 17.0. The van der Waals surface area contributed by atoms with Crippen molar-refractivity contribution in [2.45, 2.75) is 26.4 Å². The third-order valence-electron chi connectivity index (χ3n) is 5.61. The highest BCUT2D eigenvalue weighted by Gasteiger charge is 2.43. The van der Waals surface area contributed by atoms with Gasteiger partial charge >= 0.3 is 0 Å². The average Bonchev–Trinajstić information content (AvgIpc) is 3.00. The molecule has 150 valence electrons. The van der Waals surface area contributed by atoms with Crippen molar-refractivity contribution in [3.63, 3.8) is 0 Å². The second-order valence-corrected chi connectivity index (χ2v) is 7.91. The first kappa shape index (κ1) is 19.4. The van der Waals surface area contributed by atoms with Crippen molar-refractivity contribution in [2.24, 2.45) is 0 Å². The van der Waals surface area contributed by atoms with Crippen LogP contribution < -0.4 is 0 Å². The van der Waals surface area contributed by atoms with Gasteiger partial charge in [0.25, 0.3) is 11.8 Å². The summed E-state index contributed by atoms with van der Waals surface area (Å²) in [5.74, 6) is -0.349. The lowest BCUT2D eigenvalue weighted by atomic mass is 10.0. The third-order valence-corrected chi connectivity index (χ3v) is 5.61. The Morgan fingerprint density at radius 3 is 1.97 bits per heavy atom. The summed E-state index contributed by atoms with van der Waals surface area (Å²) in [6, 6.07) is 19.8. The van der Waals surface area contributed by atoms with Crippen molar-refractivity contribution < 1.29 is 9.59 Å². The Labute approximate surface area is 172 Å². The predicted molar refractivity (Wildman–Crippen MR) is 114 cm³/mol. The second kappa shape index (κ2) is 8.21. The summed E-state index contributed by atoms with van der Waals surface area (Å²) in [7, 11) is 0. The fraction of sp³-hybridized carbons (Fsp3) is 0.333. The van der Waals surface area contributed by atoms with Gasteiger partial charge in [0.15, 0.2) is 0 Å². The zero-order chi connectivity index (χ0) is 20.4. The van der Waals surface area contributed by atoms with E-state index in [1.165, 1.54) is 10.5 Å². The molecule has 2 aromatic rings. The lowest BCUT2D eigenvalue weighted by molar-refractivity contribution is -0.139. The molecule has 1 saturated heterocycles. The van der Waals surface area contributed by atoms with Crippen molar-refractivity contribution in [1.82, 2.24) is 14.7 Å². The largest absolute Gasteiger partial charge is 0.364 e.